The third-order valence-corrected chi connectivity index (χ3v) is 10.7. The summed E-state index contributed by atoms with van der Waals surface area (Å²) in [6, 6.07) is 75.2. The minimum absolute atomic E-state index is 0.396. The lowest BCUT2D eigenvalue weighted by molar-refractivity contribution is 1.18. The molecule has 4 nitrogen and oxygen atoms in total. The van der Waals surface area contributed by atoms with Gasteiger partial charge in [-0.15, -0.1) is 0 Å². The summed E-state index contributed by atoms with van der Waals surface area (Å²) < 4.78 is 0. The van der Waals surface area contributed by atoms with Crippen molar-refractivity contribution in [2.45, 2.75) is 0 Å². The van der Waals surface area contributed by atoms with E-state index >= 15 is 0 Å². The van der Waals surface area contributed by atoms with Crippen LogP contribution in [0.4, 0.5) is 0 Å². The molecule has 1 heterocycles. The molecule has 0 radical (unpaired) electrons. The molecule has 60 heavy (non-hydrogen) atoms. The van der Waals surface area contributed by atoms with Gasteiger partial charge < -0.3 is 5.41 Å². The smallest absolute Gasteiger partial charge is 0.160 e. The zero-order chi connectivity index (χ0) is 40.7. The lowest BCUT2D eigenvalue weighted by atomic mass is 9.88. The van der Waals surface area contributed by atoms with Crippen molar-refractivity contribution in [3.05, 3.63) is 236 Å². The van der Waals surface area contributed by atoms with Crippen LogP contribution in [0.3, 0.4) is 0 Å². The van der Waals surface area contributed by atoms with E-state index in [-0.39, 0.29) is 0 Å². The summed E-state index contributed by atoms with van der Waals surface area (Å²) >= 11 is 0. The van der Waals surface area contributed by atoms with Crippen LogP contribution in [-0.4, -0.2) is 22.4 Å². The van der Waals surface area contributed by atoms with E-state index in [1.54, 1.807) is 6.08 Å². The Balaban J connectivity index is 0.989. The van der Waals surface area contributed by atoms with Gasteiger partial charge in [-0.05, 0) is 68.9 Å². The molecule has 0 bridgehead atoms. The van der Waals surface area contributed by atoms with Crippen LogP contribution in [0.2, 0.25) is 0 Å². The summed E-state index contributed by atoms with van der Waals surface area (Å²) in [6.45, 7) is 3.77. The molecule has 0 spiro atoms. The Kier molecular flexibility index (Phi) is 10.7. The van der Waals surface area contributed by atoms with Gasteiger partial charge in [-0.2, -0.15) is 0 Å². The third-order valence-electron chi connectivity index (χ3n) is 10.7. The van der Waals surface area contributed by atoms with Crippen molar-refractivity contribution in [2.75, 3.05) is 0 Å². The van der Waals surface area contributed by atoms with Gasteiger partial charge in [0.2, 0.25) is 0 Å². The van der Waals surface area contributed by atoms with Gasteiger partial charge in [0, 0.05) is 22.3 Å². The molecule has 4 heteroatoms. The monoisotopic (exact) mass is 768 g/mol. The second-order valence-electron chi connectivity index (χ2n) is 14.5. The molecule has 0 atom stereocenters. The average molecular weight is 769 g/mol. The van der Waals surface area contributed by atoms with E-state index in [0.717, 1.165) is 67.0 Å². The SMILES string of the molecule is C=N/C(=C\C(=N)c1ccccc1)c1ccc(-c2ccc(-c3ccccc3-c3ccccc3-c3ccc(-c4cc(-c5ccccc5)nc(-c5ccccc5)n4)cc3)cc2)cc1. The molecule has 284 valence electrons. The van der Waals surface area contributed by atoms with Crippen molar-refractivity contribution in [1.82, 2.24) is 9.97 Å². The molecule has 0 aliphatic carbocycles. The number of nitrogens with one attached hydrogen (secondary N) is 1. The number of rotatable bonds is 11. The third kappa shape index (κ3) is 8.04. The quantitative estimate of drug-likeness (QED) is 0.133. The average Bonchev–Trinajstić information content (AvgIpc) is 3.34. The van der Waals surface area contributed by atoms with Gasteiger partial charge >= 0.3 is 0 Å². The van der Waals surface area contributed by atoms with Crippen LogP contribution in [0.15, 0.2) is 229 Å². The molecule has 0 unspecified atom stereocenters. The van der Waals surface area contributed by atoms with Crippen LogP contribution >= 0.6 is 0 Å². The van der Waals surface area contributed by atoms with E-state index in [4.69, 9.17) is 15.4 Å². The van der Waals surface area contributed by atoms with E-state index < -0.39 is 0 Å². The van der Waals surface area contributed by atoms with Gasteiger partial charge in [0.15, 0.2) is 5.82 Å². The Morgan fingerprint density at radius 1 is 0.383 bits per heavy atom. The van der Waals surface area contributed by atoms with Crippen molar-refractivity contribution in [2.24, 2.45) is 4.99 Å². The zero-order valence-electron chi connectivity index (χ0n) is 32.9. The Morgan fingerprint density at radius 2 is 0.767 bits per heavy atom. The molecule has 0 aliphatic rings. The summed E-state index contributed by atoms with van der Waals surface area (Å²) in [5.41, 5.74) is 16.8. The number of benzene rings is 8. The van der Waals surface area contributed by atoms with E-state index in [9.17, 15) is 0 Å². The predicted octanol–water partition coefficient (Wildman–Crippen LogP) is 14.3. The lowest BCUT2D eigenvalue weighted by Gasteiger charge is -2.15. The highest BCUT2D eigenvalue weighted by atomic mass is 14.9. The van der Waals surface area contributed by atoms with Gasteiger partial charge in [0.25, 0.3) is 0 Å². The van der Waals surface area contributed by atoms with Gasteiger partial charge in [0.1, 0.15) is 0 Å². The van der Waals surface area contributed by atoms with Crippen LogP contribution in [0.1, 0.15) is 11.1 Å². The Morgan fingerprint density at radius 3 is 1.27 bits per heavy atom. The highest BCUT2D eigenvalue weighted by molar-refractivity contribution is 6.10. The maximum Gasteiger partial charge on any atom is 0.160 e. The summed E-state index contributed by atoms with van der Waals surface area (Å²) in [5, 5.41) is 8.53. The molecular formula is C56H40N4. The molecule has 0 amide bonds. The summed E-state index contributed by atoms with van der Waals surface area (Å²) in [5.74, 6) is 0.703. The standard InChI is InChI=1S/C56H40N4/c1-58-53(37-52(57)43-15-5-2-6-16-43)45-33-27-40(28-34-45)39-25-29-41(30-26-39)48-21-11-13-23-50(48)51-24-14-12-22-49(51)42-31-35-46(36-32-42)55-38-54(44-17-7-3-8-18-44)59-56(60-55)47-19-9-4-10-20-47/h2-38,57H,1H2/b53-37-,57-52?. The normalized spacial score (nSPS) is 11.2. The zero-order valence-corrected chi connectivity index (χ0v) is 32.9. The molecule has 0 saturated carbocycles. The first kappa shape index (κ1) is 37.5. The minimum Gasteiger partial charge on any atom is -0.300 e. The molecule has 1 aromatic heterocycles. The fraction of sp³-hybridized carbons (Fsp3) is 0. The number of allylic oxidation sites excluding steroid dienone is 1. The topological polar surface area (TPSA) is 62.0 Å². The van der Waals surface area contributed by atoms with Crippen LogP contribution in [-0.2, 0) is 0 Å². The van der Waals surface area contributed by atoms with Crippen LogP contribution in [0.5, 0.6) is 0 Å². The lowest BCUT2D eigenvalue weighted by Crippen LogP contribution is -1.96. The highest BCUT2D eigenvalue weighted by Crippen LogP contribution is 2.39. The Hall–Kier alpha value is -8.08. The number of nitrogens with zero attached hydrogens (tertiary/aromatic N) is 3. The van der Waals surface area contributed by atoms with Crippen molar-refractivity contribution < 1.29 is 0 Å². The first-order chi connectivity index (χ1) is 29.6. The maximum atomic E-state index is 8.53. The van der Waals surface area contributed by atoms with Gasteiger partial charge in [-0.25, -0.2) is 9.97 Å². The van der Waals surface area contributed by atoms with E-state index in [2.05, 4.69) is 151 Å². The number of aromatic nitrogens is 2. The molecule has 9 aromatic rings. The summed E-state index contributed by atoms with van der Waals surface area (Å²) in [4.78, 5) is 14.2. The largest absolute Gasteiger partial charge is 0.300 e. The summed E-state index contributed by atoms with van der Waals surface area (Å²) in [7, 11) is 0. The molecule has 0 saturated heterocycles. The minimum atomic E-state index is 0.396. The second kappa shape index (κ2) is 17.2. The number of hydrogen-bond donors (Lipinski definition) is 1. The Labute approximate surface area is 351 Å². The van der Waals surface area contributed by atoms with E-state index in [1.807, 2.05) is 78.9 Å². The first-order valence-electron chi connectivity index (χ1n) is 19.9. The van der Waals surface area contributed by atoms with Gasteiger partial charge in [-0.3, -0.25) is 4.99 Å². The van der Waals surface area contributed by atoms with Crippen LogP contribution in [0, 0.1) is 5.41 Å². The van der Waals surface area contributed by atoms with E-state index in [0.29, 0.717) is 17.2 Å². The van der Waals surface area contributed by atoms with E-state index in [1.165, 1.54) is 16.7 Å². The fourth-order valence-corrected chi connectivity index (χ4v) is 7.56. The fourth-order valence-electron chi connectivity index (χ4n) is 7.56. The van der Waals surface area contributed by atoms with Gasteiger partial charge in [0.05, 0.1) is 22.8 Å². The maximum absolute atomic E-state index is 8.53. The Bertz CT molecular complexity index is 2900. The predicted molar refractivity (Wildman–Crippen MR) is 251 cm³/mol. The van der Waals surface area contributed by atoms with Crippen molar-refractivity contribution in [1.29, 1.82) is 5.41 Å². The van der Waals surface area contributed by atoms with Gasteiger partial charge in [-0.1, -0.05) is 212 Å². The molecule has 0 aliphatic heterocycles. The van der Waals surface area contributed by atoms with Crippen molar-refractivity contribution in [3.8, 4) is 78.4 Å². The molecule has 9 rings (SSSR count). The van der Waals surface area contributed by atoms with Crippen LogP contribution < -0.4 is 0 Å². The number of aliphatic imine (C=N–C) groups is 1. The van der Waals surface area contributed by atoms with Crippen LogP contribution in [0.25, 0.3) is 84.1 Å². The molecule has 1 N–H and O–H groups in total. The number of hydrogen-bond acceptors (Lipinski definition) is 4. The van der Waals surface area contributed by atoms with Crippen molar-refractivity contribution >= 4 is 18.1 Å². The van der Waals surface area contributed by atoms with Crippen molar-refractivity contribution in [3.63, 3.8) is 0 Å². The molecular weight excluding hydrogens is 729 g/mol. The first-order valence-corrected chi connectivity index (χ1v) is 19.9. The highest BCUT2D eigenvalue weighted by Gasteiger charge is 2.15. The molecule has 8 aromatic carbocycles. The molecule has 0 fully saturated rings. The summed E-state index contributed by atoms with van der Waals surface area (Å²) in [6.07, 6.45) is 1.76. The second-order valence-corrected chi connectivity index (χ2v) is 14.5.